The lowest BCUT2D eigenvalue weighted by atomic mass is 10.1. The van der Waals surface area contributed by atoms with Gasteiger partial charge in [-0.1, -0.05) is 18.2 Å². The summed E-state index contributed by atoms with van der Waals surface area (Å²) in [4.78, 5) is 1.72. The smallest absolute Gasteiger partial charge is 0.416 e. The molecule has 0 radical (unpaired) electrons. The highest BCUT2D eigenvalue weighted by molar-refractivity contribution is 6.06. The maximum atomic E-state index is 13.0. The summed E-state index contributed by atoms with van der Waals surface area (Å²) < 4.78 is 44.8. The van der Waals surface area contributed by atoms with Gasteiger partial charge in [0, 0.05) is 35.3 Å². The van der Waals surface area contributed by atoms with Gasteiger partial charge < -0.3 is 9.32 Å². The summed E-state index contributed by atoms with van der Waals surface area (Å²) in [7, 11) is 1.74. The van der Waals surface area contributed by atoms with Gasteiger partial charge in [-0.2, -0.15) is 13.2 Å². The molecule has 0 atom stereocenters. The number of rotatable bonds is 2. The van der Waals surface area contributed by atoms with Crippen LogP contribution in [-0.2, 0) is 6.18 Å². The molecule has 0 fully saturated rings. The Balaban J connectivity index is 1.78. The third-order valence-corrected chi connectivity index (χ3v) is 4.56. The fourth-order valence-corrected chi connectivity index (χ4v) is 3.12. The van der Waals surface area contributed by atoms with Gasteiger partial charge in [0.05, 0.1) is 5.56 Å². The Bertz CT molecular complexity index is 1110. The van der Waals surface area contributed by atoms with Crippen LogP contribution < -0.4 is 4.90 Å². The predicted octanol–water partition coefficient (Wildman–Crippen LogP) is 6.68. The number of furan rings is 1. The quantitative estimate of drug-likeness (QED) is 0.399. The number of hydrogen-bond donors (Lipinski definition) is 0. The first kappa shape index (κ1) is 16.5. The lowest BCUT2D eigenvalue weighted by Gasteiger charge is -2.20. The van der Waals surface area contributed by atoms with Crippen molar-refractivity contribution in [2.45, 2.75) is 13.1 Å². The molecule has 2 nitrogen and oxygen atoms in total. The molecule has 26 heavy (non-hydrogen) atoms. The number of fused-ring (bicyclic) bond motifs is 3. The predicted molar refractivity (Wildman–Crippen MR) is 98.0 cm³/mol. The van der Waals surface area contributed by atoms with Gasteiger partial charge in [-0.3, -0.25) is 0 Å². The van der Waals surface area contributed by atoms with Crippen LogP contribution in [0.3, 0.4) is 0 Å². The minimum atomic E-state index is -4.36. The van der Waals surface area contributed by atoms with Gasteiger partial charge in [-0.15, -0.1) is 0 Å². The molecule has 1 aromatic heterocycles. The third kappa shape index (κ3) is 2.79. The first-order valence-corrected chi connectivity index (χ1v) is 8.17. The molecule has 0 saturated carbocycles. The second kappa shape index (κ2) is 5.80. The largest absolute Gasteiger partial charge is 0.456 e. The van der Waals surface area contributed by atoms with Crippen LogP contribution in [0.5, 0.6) is 0 Å². The number of hydrogen-bond acceptors (Lipinski definition) is 2. The van der Waals surface area contributed by atoms with E-state index < -0.39 is 11.7 Å². The fourth-order valence-electron chi connectivity index (χ4n) is 3.12. The van der Waals surface area contributed by atoms with Crippen molar-refractivity contribution in [1.29, 1.82) is 0 Å². The van der Waals surface area contributed by atoms with Gasteiger partial charge in [0.25, 0.3) is 0 Å². The van der Waals surface area contributed by atoms with Crippen LogP contribution in [0.1, 0.15) is 11.1 Å². The third-order valence-electron chi connectivity index (χ3n) is 4.56. The zero-order chi connectivity index (χ0) is 18.5. The molecule has 0 aliphatic carbocycles. The van der Waals surface area contributed by atoms with Crippen molar-refractivity contribution >= 4 is 33.3 Å². The average molecular weight is 355 g/mol. The summed E-state index contributed by atoms with van der Waals surface area (Å²) >= 11 is 0. The molecular formula is C21H16F3NO. The van der Waals surface area contributed by atoms with E-state index in [0.29, 0.717) is 11.3 Å². The first-order chi connectivity index (χ1) is 12.3. The molecule has 0 aliphatic rings. The number of nitrogens with zero attached hydrogens (tertiary/aromatic N) is 1. The molecule has 0 amide bonds. The van der Waals surface area contributed by atoms with E-state index in [2.05, 4.69) is 0 Å². The van der Waals surface area contributed by atoms with Crippen molar-refractivity contribution in [3.05, 3.63) is 71.8 Å². The highest BCUT2D eigenvalue weighted by atomic mass is 19.4. The number of aryl methyl sites for hydroxylation is 1. The summed E-state index contributed by atoms with van der Waals surface area (Å²) in [5, 5.41) is 2.01. The fraction of sp³-hybridized carbons (Fsp3) is 0.143. The molecule has 0 N–H and O–H groups in total. The Hall–Kier alpha value is -2.95. The molecule has 0 aliphatic heterocycles. The van der Waals surface area contributed by atoms with E-state index in [1.165, 1.54) is 6.07 Å². The zero-order valence-corrected chi connectivity index (χ0v) is 14.3. The average Bonchev–Trinajstić information content (AvgIpc) is 2.96. The molecule has 5 heteroatoms. The van der Waals surface area contributed by atoms with E-state index in [9.17, 15) is 13.2 Å². The summed E-state index contributed by atoms with van der Waals surface area (Å²) in [6.45, 7) is 2.00. The Kier molecular flexibility index (Phi) is 3.68. The van der Waals surface area contributed by atoms with Crippen molar-refractivity contribution in [2.75, 3.05) is 11.9 Å². The van der Waals surface area contributed by atoms with Crippen LogP contribution in [0, 0.1) is 6.92 Å². The molecule has 0 unspecified atom stereocenters. The lowest BCUT2D eigenvalue weighted by Crippen LogP contribution is -2.11. The molecule has 1 heterocycles. The standard InChI is InChI=1S/C21H16F3NO/c1-13-6-8-17-18-9-7-16(12-20(18)26-19(17)10-13)25(2)15-5-3-4-14(11-15)21(22,23)24/h3-12H,1-2H3. The second-order valence-electron chi connectivity index (χ2n) is 6.39. The molecule has 4 aromatic rings. The van der Waals surface area contributed by atoms with Crippen LogP contribution in [0.4, 0.5) is 24.5 Å². The highest BCUT2D eigenvalue weighted by Crippen LogP contribution is 2.36. The maximum Gasteiger partial charge on any atom is 0.416 e. The monoisotopic (exact) mass is 355 g/mol. The Labute approximate surface area is 148 Å². The second-order valence-corrected chi connectivity index (χ2v) is 6.39. The van der Waals surface area contributed by atoms with Gasteiger partial charge in [0.2, 0.25) is 0 Å². The van der Waals surface area contributed by atoms with Gasteiger partial charge >= 0.3 is 6.18 Å². The van der Waals surface area contributed by atoms with Crippen LogP contribution >= 0.6 is 0 Å². The minimum absolute atomic E-state index is 0.464. The van der Waals surface area contributed by atoms with Gasteiger partial charge in [-0.25, -0.2) is 0 Å². The van der Waals surface area contributed by atoms with E-state index >= 15 is 0 Å². The number of anilines is 2. The van der Waals surface area contributed by atoms with Crippen LogP contribution in [0.15, 0.2) is 65.1 Å². The van der Waals surface area contributed by atoms with Crippen LogP contribution in [0.2, 0.25) is 0 Å². The lowest BCUT2D eigenvalue weighted by molar-refractivity contribution is -0.137. The topological polar surface area (TPSA) is 16.4 Å². The minimum Gasteiger partial charge on any atom is -0.456 e. The summed E-state index contributed by atoms with van der Waals surface area (Å²) in [5.74, 6) is 0. The SMILES string of the molecule is Cc1ccc2c(c1)oc1cc(N(C)c3cccc(C(F)(F)F)c3)ccc12. The molecule has 3 aromatic carbocycles. The van der Waals surface area contributed by atoms with Crippen molar-refractivity contribution in [3.8, 4) is 0 Å². The Morgan fingerprint density at radius 3 is 2.19 bits per heavy atom. The van der Waals surface area contributed by atoms with Crippen molar-refractivity contribution < 1.29 is 17.6 Å². The van der Waals surface area contributed by atoms with E-state index in [4.69, 9.17) is 4.42 Å². The van der Waals surface area contributed by atoms with Crippen molar-refractivity contribution in [3.63, 3.8) is 0 Å². The van der Waals surface area contributed by atoms with E-state index in [0.717, 1.165) is 39.7 Å². The van der Waals surface area contributed by atoms with Crippen LogP contribution in [0.25, 0.3) is 21.9 Å². The summed E-state index contributed by atoms with van der Waals surface area (Å²) in [6.07, 6.45) is -4.36. The molecule has 0 saturated heterocycles. The number of halogens is 3. The van der Waals surface area contributed by atoms with Crippen LogP contribution in [-0.4, -0.2) is 7.05 Å². The zero-order valence-electron chi connectivity index (χ0n) is 14.3. The Morgan fingerprint density at radius 1 is 0.808 bits per heavy atom. The molecule has 0 spiro atoms. The maximum absolute atomic E-state index is 13.0. The van der Waals surface area contributed by atoms with Gasteiger partial charge in [0.1, 0.15) is 11.2 Å². The molecule has 132 valence electrons. The summed E-state index contributed by atoms with van der Waals surface area (Å²) in [6, 6.07) is 17.0. The molecule has 0 bridgehead atoms. The first-order valence-electron chi connectivity index (χ1n) is 8.17. The normalized spacial score (nSPS) is 12.0. The van der Waals surface area contributed by atoms with E-state index in [1.54, 1.807) is 18.0 Å². The number of alkyl halides is 3. The van der Waals surface area contributed by atoms with E-state index in [1.807, 2.05) is 43.3 Å². The van der Waals surface area contributed by atoms with Gasteiger partial charge in [0.15, 0.2) is 0 Å². The van der Waals surface area contributed by atoms with Crippen molar-refractivity contribution in [1.82, 2.24) is 0 Å². The number of benzene rings is 3. The van der Waals surface area contributed by atoms with E-state index in [-0.39, 0.29) is 0 Å². The molecule has 4 rings (SSSR count). The Morgan fingerprint density at radius 2 is 1.46 bits per heavy atom. The molecular weight excluding hydrogens is 339 g/mol. The van der Waals surface area contributed by atoms with Crippen molar-refractivity contribution in [2.24, 2.45) is 0 Å². The highest BCUT2D eigenvalue weighted by Gasteiger charge is 2.30. The van der Waals surface area contributed by atoms with Gasteiger partial charge in [-0.05, 0) is 48.9 Å². The summed E-state index contributed by atoms with van der Waals surface area (Å²) in [5.41, 5.74) is 3.18.